The fourth-order valence-corrected chi connectivity index (χ4v) is 3.62. The van der Waals surface area contributed by atoms with Crippen LogP contribution in [0.5, 0.6) is 0 Å². The molecule has 0 aliphatic carbocycles. The van der Waals surface area contributed by atoms with Gasteiger partial charge in [-0.25, -0.2) is 0 Å². The van der Waals surface area contributed by atoms with E-state index in [-0.39, 0.29) is 12.2 Å². The lowest BCUT2D eigenvalue weighted by atomic mass is 9.80. The van der Waals surface area contributed by atoms with Crippen molar-refractivity contribution in [1.29, 1.82) is 0 Å². The van der Waals surface area contributed by atoms with Gasteiger partial charge in [-0.2, -0.15) is 0 Å². The van der Waals surface area contributed by atoms with Crippen LogP contribution in [0.15, 0.2) is 91.0 Å². The lowest BCUT2D eigenvalue weighted by Crippen LogP contribution is -2.36. The van der Waals surface area contributed by atoms with E-state index in [9.17, 15) is 0 Å². The van der Waals surface area contributed by atoms with Gasteiger partial charge in [0, 0.05) is 0 Å². The van der Waals surface area contributed by atoms with Crippen molar-refractivity contribution in [1.82, 2.24) is 0 Å². The molecule has 0 spiro atoms. The van der Waals surface area contributed by atoms with E-state index in [0.717, 1.165) is 23.1 Å². The lowest BCUT2D eigenvalue weighted by Gasteiger charge is -2.37. The molecule has 1 atom stereocenters. The van der Waals surface area contributed by atoms with Gasteiger partial charge in [0.25, 0.3) is 0 Å². The van der Waals surface area contributed by atoms with Gasteiger partial charge < -0.3 is 9.47 Å². The zero-order valence-corrected chi connectivity index (χ0v) is 17.0. The molecule has 2 nitrogen and oxygen atoms in total. The highest BCUT2D eigenvalue weighted by atomic mass is 16.5. The van der Waals surface area contributed by atoms with E-state index in [2.05, 4.69) is 93.6 Å². The van der Waals surface area contributed by atoms with Crippen LogP contribution >= 0.6 is 0 Å². The summed E-state index contributed by atoms with van der Waals surface area (Å²) in [5.74, 6) is 0. The van der Waals surface area contributed by atoms with Gasteiger partial charge >= 0.3 is 0 Å². The summed E-state index contributed by atoms with van der Waals surface area (Å²) < 4.78 is 12.9. The molecule has 3 aromatic rings. The smallest absolute Gasteiger partial charge is 0.143 e. The molecule has 0 fully saturated rings. The SMILES string of the molecule is CC[C@@H](COC(c1ccccc1)(c1ccccc1)c1ccccc1)OC(C)C. The van der Waals surface area contributed by atoms with Crippen LogP contribution in [0, 0.1) is 0 Å². The summed E-state index contributed by atoms with van der Waals surface area (Å²) in [6, 6.07) is 31.4. The Kier molecular flexibility index (Phi) is 7.02. The average Bonchev–Trinajstić information content (AvgIpc) is 2.75. The van der Waals surface area contributed by atoms with E-state index < -0.39 is 5.60 Å². The van der Waals surface area contributed by atoms with Gasteiger partial charge in [-0.1, -0.05) is 97.9 Å². The molecule has 0 radical (unpaired) electrons. The minimum absolute atomic E-state index is 0.0514. The van der Waals surface area contributed by atoms with Crippen LogP contribution in [-0.2, 0) is 15.1 Å². The van der Waals surface area contributed by atoms with Crippen LogP contribution in [0.3, 0.4) is 0 Å². The number of ether oxygens (including phenoxy) is 2. The van der Waals surface area contributed by atoms with Gasteiger partial charge in [0.2, 0.25) is 0 Å². The first kappa shape index (κ1) is 20.3. The third-order valence-corrected chi connectivity index (χ3v) is 4.95. The molecule has 0 aromatic heterocycles. The highest BCUT2D eigenvalue weighted by molar-refractivity contribution is 5.47. The van der Waals surface area contributed by atoms with Gasteiger partial charge in [0.05, 0.1) is 18.8 Å². The van der Waals surface area contributed by atoms with Crippen LogP contribution in [-0.4, -0.2) is 18.8 Å². The predicted molar refractivity (Wildman–Crippen MR) is 115 cm³/mol. The first-order valence-corrected chi connectivity index (χ1v) is 10.1. The Morgan fingerprint density at radius 3 is 1.39 bits per heavy atom. The van der Waals surface area contributed by atoms with Crippen LogP contribution in [0.25, 0.3) is 0 Å². The topological polar surface area (TPSA) is 18.5 Å². The van der Waals surface area contributed by atoms with Gasteiger partial charge in [-0.05, 0) is 37.0 Å². The molecule has 2 heteroatoms. The van der Waals surface area contributed by atoms with Gasteiger partial charge in [0.15, 0.2) is 0 Å². The third-order valence-electron chi connectivity index (χ3n) is 4.95. The van der Waals surface area contributed by atoms with Crippen LogP contribution < -0.4 is 0 Å². The fraction of sp³-hybridized carbons (Fsp3) is 0.308. The fourth-order valence-electron chi connectivity index (χ4n) is 3.62. The van der Waals surface area contributed by atoms with E-state index in [1.807, 2.05) is 18.2 Å². The molecule has 0 saturated heterocycles. The Morgan fingerprint density at radius 2 is 1.07 bits per heavy atom. The van der Waals surface area contributed by atoms with Gasteiger partial charge in [-0.3, -0.25) is 0 Å². The van der Waals surface area contributed by atoms with Crippen LogP contribution in [0.2, 0.25) is 0 Å². The molecule has 0 heterocycles. The van der Waals surface area contributed by atoms with Crippen molar-refractivity contribution in [3.63, 3.8) is 0 Å². The number of hydrogen-bond acceptors (Lipinski definition) is 2. The molecule has 146 valence electrons. The third kappa shape index (κ3) is 4.52. The van der Waals surface area contributed by atoms with Crippen molar-refractivity contribution in [2.24, 2.45) is 0 Å². The Bertz CT molecular complexity index is 716. The molecule has 28 heavy (non-hydrogen) atoms. The van der Waals surface area contributed by atoms with Crippen LogP contribution in [0.4, 0.5) is 0 Å². The maximum Gasteiger partial charge on any atom is 0.143 e. The van der Waals surface area contributed by atoms with E-state index >= 15 is 0 Å². The lowest BCUT2D eigenvalue weighted by molar-refractivity contribution is -0.0825. The summed E-state index contributed by atoms with van der Waals surface area (Å²) >= 11 is 0. The molecule has 0 amide bonds. The van der Waals surface area contributed by atoms with E-state index in [0.29, 0.717) is 6.61 Å². The quantitative estimate of drug-likeness (QED) is 0.415. The monoisotopic (exact) mass is 374 g/mol. The Balaban J connectivity index is 2.11. The normalized spacial score (nSPS) is 12.9. The summed E-state index contributed by atoms with van der Waals surface area (Å²) in [6.07, 6.45) is 1.13. The zero-order valence-electron chi connectivity index (χ0n) is 17.0. The van der Waals surface area contributed by atoms with Crippen molar-refractivity contribution in [2.45, 2.75) is 45.0 Å². The molecule has 0 saturated carbocycles. The predicted octanol–water partition coefficient (Wildman–Crippen LogP) is 6.20. The highest BCUT2D eigenvalue weighted by Gasteiger charge is 2.38. The molecular formula is C26H30O2. The second-order valence-electron chi connectivity index (χ2n) is 7.31. The second-order valence-corrected chi connectivity index (χ2v) is 7.31. The molecule has 0 N–H and O–H groups in total. The summed E-state index contributed by atoms with van der Waals surface area (Å²) in [4.78, 5) is 0. The minimum atomic E-state index is -0.683. The summed E-state index contributed by atoms with van der Waals surface area (Å²) in [5, 5.41) is 0. The maximum absolute atomic E-state index is 6.82. The zero-order chi connectivity index (χ0) is 19.8. The van der Waals surface area contributed by atoms with Crippen molar-refractivity contribution >= 4 is 0 Å². The molecule has 0 unspecified atom stereocenters. The van der Waals surface area contributed by atoms with Gasteiger partial charge in [-0.15, -0.1) is 0 Å². The van der Waals surface area contributed by atoms with Crippen LogP contribution in [0.1, 0.15) is 43.9 Å². The van der Waals surface area contributed by atoms with E-state index in [1.54, 1.807) is 0 Å². The summed E-state index contributed by atoms with van der Waals surface area (Å²) in [7, 11) is 0. The van der Waals surface area contributed by atoms with Gasteiger partial charge in [0.1, 0.15) is 5.60 Å². The van der Waals surface area contributed by atoms with Crippen molar-refractivity contribution in [3.8, 4) is 0 Å². The molecule has 3 rings (SSSR count). The molecule has 0 aliphatic rings. The highest BCUT2D eigenvalue weighted by Crippen LogP contribution is 2.40. The van der Waals surface area contributed by atoms with E-state index in [4.69, 9.17) is 9.47 Å². The summed E-state index contributed by atoms with van der Waals surface area (Å²) in [5.41, 5.74) is 2.67. The van der Waals surface area contributed by atoms with Crippen molar-refractivity contribution < 1.29 is 9.47 Å². The number of hydrogen-bond donors (Lipinski definition) is 0. The summed E-state index contributed by atoms with van der Waals surface area (Å²) in [6.45, 7) is 6.81. The molecule has 0 bridgehead atoms. The molecule has 0 aliphatic heterocycles. The Labute approximate surface area is 169 Å². The number of rotatable bonds is 9. The largest absolute Gasteiger partial charge is 0.373 e. The van der Waals surface area contributed by atoms with Crippen molar-refractivity contribution in [2.75, 3.05) is 6.61 Å². The first-order valence-electron chi connectivity index (χ1n) is 10.1. The Morgan fingerprint density at radius 1 is 0.679 bits per heavy atom. The first-order chi connectivity index (χ1) is 13.7. The van der Waals surface area contributed by atoms with E-state index in [1.165, 1.54) is 0 Å². The van der Waals surface area contributed by atoms with Crippen molar-refractivity contribution in [3.05, 3.63) is 108 Å². The standard InChI is InChI=1S/C26H30O2/c1-4-25(28-21(2)3)20-27-26(22-14-8-5-9-15-22,23-16-10-6-11-17-23)24-18-12-7-13-19-24/h5-19,21,25H,4,20H2,1-3H3/t25-/m0/s1. The average molecular weight is 375 g/mol. The minimum Gasteiger partial charge on any atom is -0.373 e. The second kappa shape index (κ2) is 9.68. The molecular weight excluding hydrogens is 344 g/mol. The maximum atomic E-state index is 6.82. The number of benzene rings is 3. The Hall–Kier alpha value is -2.42. The molecule has 3 aromatic carbocycles.